The number of hydrogen-bond donors (Lipinski definition) is 3. The van der Waals surface area contributed by atoms with E-state index in [0.29, 0.717) is 30.7 Å². The van der Waals surface area contributed by atoms with Gasteiger partial charge in [-0.05, 0) is 96.3 Å². The smallest absolute Gasteiger partial charge is 0.407 e. The maximum absolute atomic E-state index is 13.5. The maximum atomic E-state index is 13.5. The molecule has 0 aromatic heterocycles. The molecule has 0 bridgehead atoms. The number of carboxylic acids is 1. The molecular formula is C33H56N2O7. The molecule has 0 radical (unpaired) electrons. The van der Waals surface area contributed by atoms with Crippen LogP contribution >= 0.6 is 0 Å². The maximum Gasteiger partial charge on any atom is 0.407 e. The van der Waals surface area contributed by atoms with Crippen molar-refractivity contribution in [2.45, 2.75) is 134 Å². The quantitative estimate of drug-likeness (QED) is 0.322. The van der Waals surface area contributed by atoms with Crippen molar-refractivity contribution in [3.05, 3.63) is 0 Å². The van der Waals surface area contributed by atoms with E-state index in [2.05, 4.69) is 5.32 Å². The van der Waals surface area contributed by atoms with Crippen molar-refractivity contribution in [1.82, 2.24) is 10.2 Å². The third-order valence-electron chi connectivity index (χ3n) is 10.4. The van der Waals surface area contributed by atoms with Gasteiger partial charge in [0, 0.05) is 31.5 Å². The Kier molecular flexibility index (Phi) is 11.6. The Bertz CT molecular complexity index is 907. The molecule has 3 saturated carbocycles. The predicted octanol–water partition coefficient (Wildman–Crippen LogP) is 5.53. The molecule has 9 heteroatoms. The molecule has 4 fully saturated rings. The van der Waals surface area contributed by atoms with Crippen LogP contribution in [0.1, 0.15) is 117 Å². The van der Waals surface area contributed by atoms with E-state index in [1.807, 2.05) is 25.7 Å². The summed E-state index contributed by atoms with van der Waals surface area (Å²) >= 11 is 0. The summed E-state index contributed by atoms with van der Waals surface area (Å²) in [5, 5.41) is 23.8. The van der Waals surface area contributed by atoms with Gasteiger partial charge in [0.2, 0.25) is 5.91 Å². The highest BCUT2D eigenvalue weighted by molar-refractivity contribution is 5.79. The van der Waals surface area contributed by atoms with Gasteiger partial charge in [0.25, 0.3) is 0 Å². The molecule has 42 heavy (non-hydrogen) atoms. The highest BCUT2D eigenvalue weighted by Crippen LogP contribution is 2.39. The van der Waals surface area contributed by atoms with Crippen molar-refractivity contribution >= 4 is 18.0 Å². The van der Waals surface area contributed by atoms with Crippen LogP contribution in [0.4, 0.5) is 4.79 Å². The summed E-state index contributed by atoms with van der Waals surface area (Å²) in [5.74, 6) is 0.403. The second kappa shape index (κ2) is 14.7. The summed E-state index contributed by atoms with van der Waals surface area (Å²) in [6, 6.07) is 0. The van der Waals surface area contributed by atoms with Gasteiger partial charge >= 0.3 is 12.1 Å². The second-order valence-corrected chi connectivity index (χ2v) is 14.7. The zero-order chi connectivity index (χ0) is 30.3. The Morgan fingerprint density at radius 1 is 0.833 bits per heavy atom. The third-order valence-corrected chi connectivity index (χ3v) is 10.4. The number of carbonyl (C=O) groups is 3. The van der Waals surface area contributed by atoms with Gasteiger partial charge in [0.15, 0.2) is 5.60 Å². The van der Waals surface area contributed by atoms with Crippen LogP contribution in [0.5, 0.6) is 0 Å². The monoisotopic (exact) mass is 592 g/mol. The second-order valence-electron chi connectivity index (χ2n) is 14.7. The van der Waals surface area contributed by atoms with E-state index in [4.69, 9.17) is 9.47 Å². The number of nitrogens with one attached hydrogen (secondary N) is 1. The van der Waals surface area contributed by atoms with Crippen LogP contribution in [0, 0.1) is 29.6 Å². The summed E-state index contributed by atoms with van der Waals surface area (Å²) in [5.41, 5.74) is -2.33. The van der Waals surface area contributed by atoms with E-state index < -0.39 is 17.2 Å². The van der Waals surface area contributed by atoms with Crippen LogP contribution < -0.4 is 5.32 Å². The molecule has 1 heterocycles. The summed E-state index contributed by atoms with van der Waals surface area (Å²) in [6.07, 6.45) is 13.8. The lowest BCUT2D eigenvalue weighted by Crippen LogP contribution is -2.51. The van der Waals surface area contributed by atoms with E-state index in [1.54, 1.807) is 0 Å². The molecule has 2 amide bonds. The first-order valence-corrected chi connectivity index (χ1v) is 16.8. The molecule has 240 valence electrons. The van der Waals surface area contributed by atoms with Gasteiger partial charge in [-0.2, -0.15) is 0 Å². The molecule has 5 atom stereocenters. The Balaban J connectivity index is 1.20. The van der Waals surface area contributed by atoms with Crippen molar-refractivity contribution < 1.29 is 34.1 Å². The Morgan fingerprint density at radius 2 is 1.52 bits per heavy atom. The van der Waals surface area contributed by atoms with Crippen LogP contribution in [0.15, 0.2) is 0 Å². The zero-order valence-corrected chi connectivity index (χ0v) is 26.3. The summed E-state index contributed by atoms with van der Waals surface area (Å²) < 4.78 is 11.5. The van der Waals surface area contributed by atoms with Gasteiger partial charge in [-0.15, -0.1) is 0 Å². The van der Waals surface area contributed by atoms with E-state index >= 15 is 0 Å². The number of hydrogen-bond acceptors (Lipinski definition) is 6. The average Bonchev–Trinajstić information content (AvgIpc) is 2.98. The van der Waals surface area contributed by atoms with Crippen LogP contribution in [-0.4, -0.2) is 76.6 Å². The first-order chi connectivity index (χ1) is 19.9. The number of ether oxygens (including phenoxy) is 2. The lowest BCUT2D eigenvalue weighted by molar-refractivity contribution is -0.181. The molecule has 3 aliphatic carbocycles. The molecule has 9 nitrogen and oxygen atoms in total. The highest BCUT2D eigenvalue weighted by Gasteiger charge is 2.46. The Morgan fingerprint density at radius 3 is 2.19 bits per heavy atom. The number of piperidine rings is 1. The summed E-state index contributed by atoms with van der Waals surface area (Å²) in [6.45, 7) is 7.69. The number of nitrogens with zero attached hydrogens (tertiary/aromatic N) is 1. The minimum Gasteiger partial charge on any atom is -0.479 e. The van der Waals surface area contributed by atoms with Crippen molar-refractivity contribution in [1.29, 1.82) is 0 Å². The topological polar surface area (TPSA) is 125 Å². The van der Waals surface area contributed by atoms with E-state index in [9.17, 15) is 24.6 Å². The van der Waals surface area contributed by atoms with Gasteiger partial charge in [0.05, 0.1) is 12.7 Å². The predicted molar refractivity (Wildman–Crippen MR) is 160 cm³/mol. The van der Waals surface area contributed by atoms with Gasteiger partial charge in [0.1, 0.15) is 5.60 Å². The number of carboxylic acid groups (broad SMARTS) is 1. The number of amides is 2. The Labute approximate surface area is 252 Å². The van der Waals surface area contributed by atoms with Crippen LogP contribution in [0.2, 0.25) is 0 Å². The number of aliphatic carboxylic acids is 1. The molecule has 4 rings (SSSR count). The summed E-state index contributed by atoms with van der Waals surface area (Å²) in [7, 11) is 0. The Hall–Kier alpha value is -1.87. The molecule has 1 saturated heterocycles. The van der Waals surface area contributed by atoms with Crippen LogP contribution in [-0.2, 0) is 19.1 Å². The molecular weight excluding hydrogens is 536 g/mol. The zero-order valence-electron chi connectivity index (χ0n) is 26.3. The number of alkyl carbamates (subject to hydrolysis) is 1. The van der Waals surface area contributed by atoms with E-state index in [0.717, 1.165) is 90.1 Å². The van der Waals surface area contributed by atoms with Gasteiger partial charge in [-0.3, -0.25) is 4.79 Å². The standard InChI is InChI=1S/C33H56N2O7/c1-32(2,3)42-31(39)34-21-23-9-7-10-25(19-23)24-15-17-35(18-16-24)29(36)26-11-8-14-28(20-26)41-22-33(40,30(37)38)27-12-5-4-6-13-27/h23-28,40H,4-22H2,1-3H3,(H,34,39)(H,37,38). The normalized spacial score (nSPS) is 29.9. The van der Waals surface area contributed by atoms with Crippen molar-refractivity contribution in [2.75, 3.05) is 26.2 Å². The van der Waals surface area contributed by atoms with Gasteiger partial charge in [-0.1, -0.05) is 38.5 Å². The fraction of sp³-hybridized carbons (Fsp3) is 0.909. The molecule has 5 unspecified atom stereocenters. The first-order valence-electron chi connectivity index (χ1n) is 16.8. The molecule has 0 aromatic carbocycles. The lowest BCUT2D eigenvalue weighted by atomic mass is 9.72. The number of carbonyl (C=O) groups excluding carboxylic acids is 2. The summed E-state index contributed by atoms with van der Waals surface area (Å²) in [4.78, 5) is 39.7. The van der Waals surface area contributed by atoms with Crippen LogP contribution in [0.25, 0.3) is 0 Å². The lowest BCUT2D eigenvalue weighted by Gasteiger charge is -2.41. The van der Waals surface area contributed by atoms with Crippen molar-refractivity contribution in [2.24, 2.45) is 29.6 Å². The molecule has 0 aromatic rings. The highest BCUT2D eigenvalue weighted by atomic mass is 16.6. The number of rotatable bonds is 9. The molecule has 4 aliphatic rings. The number of aliphatic hydroxyl groups is 1. The van der Waals surface area contributed by atoms with E-state index in [-0.39, 0.29) is 36.5 Å². The molecule has 3 N–H and O–H groups in total. The number of likely N-dealkylation sites (tertiary alicyclic amines) is 1. The van der Waals surface area contributed by atoms with Crippen LogP contribution in [0.3, 0.4) is 0 Å². The van der Waals surface area contributed by atoms with Gasteiger partial charge in [-0.25, -0.2) is 9.59 Å². The van der Waals surface area contributed by atoms with Crippen molar-refractivity contribution in [3.63, 3.8) is 0 Å². The molecule has 1 aliphatic heterocycles. The molecule has 0 spiro atoms. The fourth-order valence-corrected chi connectivity index (χ4v) is 8.04. The largest absolute Gasteiger partial charge is 0.479 e. The fourth-order valence-electron chi connectivity index (χ4n) is 8.04. The van der Waals surface area contributed by atoms with Crippen molar-refractivity contribution in [3.8, 4) is 0 Å². The average molecular weight is 593 g/mol. The first kappa shape index (κ1) is 33.0. The minimum atomic E-state index is -1.84. The third kappa shape index (κ3) is 9.07. The van der Waals surface area contributed by atoms with E-state index in [1.165, 1.54) is 12.8 Å². The minimum absolute atomic E-state index is 0.0918. The van der Waals surface area contributed by atoms with Gasteiger partial charge < -0.3 is 29.9 Å². The SMILES string of the molecule is CC(C)(C)OC(=O)NCC1CCCC(C2CCN(C(=O)C3CCCC(OCC(O)(C(=O)O)C4CCCCC4)C3)CC2)C1.